The number of ether oxygens (including phenoxy) is 2. The van der Waals surface area contributed by atoms with Crippen LogP contribution in [0.2, 0.25) is 0 Å². The van der Waals surface area contributed by atoms with Crippen molar-refractivity contribution in [1.29, 1.82) is 0 Å². The molecule has 1 aliphatic rings. The maximum Gasteiger partial charge on any atom is 0.231 e. The van der Waals surface area contributed by atoms with Gasteiger partial charge in [-0.15, -0.1) is 0 Å². The molecule has 1 unspecified atom stereocenters. The van der Waals surface area contributed by atoms with Crippen molar-refractivity contribution >= 4 is 0 Å². The van der Waals surface area contributed by atoms with Crippen LogP contribution in [-0.4, -0.2) is 23.4 Å². The fraction of sp³-hybridized carbons (Fsp3) is 0.300. The standard InChI is InChI=1S/C20H20N2O3/c1-2-6-15(7-3-1)13-24-18-9-5-4-8-16(18)12-19-21-20(22-25-19)17-10-11-23-14-17/h1-9,17H,10-14H2. The number of rotatable bonds is 6. The Balaban J connectivity index is 1.45. The summed E-state index contributed by atoms with van der Waals surface area (Å²) in [4.78, 5) is 4.53. The molecule has 5 heteroatoms. The summed E-state index contributed by atoms with van der Waals surface area (Å²) < 4.78 is 16.8. The molecule has 0 bridgehead atoms. The van der Waals surface area contributed by atoms with Gasteiger partial charge < -0.3 is 14.0 Å². The van der Waals surface area contributed by atoms with Gasteiger partial charge in [-0.25, -0.2) is 0 Å². The maximum atomic E-state index is 5.99. The van der Waals surface area contributed by atoms with Gasteiger partial charge in [0.05, 0.1) is 13.0 Å². The first kappa shape index (κ1) is 15.8. The summed E-state index contributed by atoms with van der Waals surface area (Å²) in [7, 11) is 0. The Bertz CT molecular complexity index is 811. The highest BCUT2D eigenvalue weighted by atomic mass is 16.5. The first-order valence-electron chi connectivity index (χ1n) is 8.53. The van der Waals surface area contributed by atoms with Crippen molar-refractivity contribution in [2.75, 3.05) is 13.2 Å². The van der Waals surface area contributed by atoms with E-state index in [1.54, 1.807) is 0 Å². The van der Waals surface area contributed by atoms with Gasteiger partial charge in [0.2, 0.25) is 5.89 Å². The first-order chi connectivity index (χ1) is 12.4. The van der Waals surface area contributed by atoms with Gasteiger partial charge in [-0.2, -0.15) is 4.98 Å². The van der Waals surface area contributed by atoms with Crippen molar-refractivity contribution in [3.8, 4) is 5.75 Å². The molecule has 1 aliphatic heterocycles. The topological polar surface area (TPSA) is 57.4 Å². The molecular formula is C20H20N2O3. The molecule has 0 N–H and O–H groups in total. The number of hydrogen-bond donors (Lipinski definition) is 0. The number of benzene rings is 2. The molecule has 2 heterocycles. The predicted octanol–water partition coefficient (Wildman–Crippen LogP) is 3.74. The van der Waals surface area contributed by atoms with E-state index in [4.69, 9.17) is 14.0 Å². The molecular weight excluding hydrogens is 316 g/mol. The minimum absolute atomic E-state index is 0.252. The van der Waals surface area contributed by atoms with Crippen LogP contribution in [0.5, 0.6) is 5.75 Å². The fourth-order valence-corrected chi connectivity index (χ4v) is 2.93. The Hall–Kier alpha value is -2.66. The fourth-order valence-electron chi connectivity index (χ4n) is 2.93. The zero-order valence-electron chi connectivity index (χ0n) is 13.9. The van der Waals surface area contributed by atoms with E-state index in [0.717, 1.165) is 35.7 Å². The second kappa shape index (κ2) is 7.49. The van der Waals surface area contributed by atoms with Crippen molar-refractivity contribution < 1.29 is 14.0 Å². The SMILES string of the molecule is c1ccc(COc2ccccc2Cc2nc(C3CCOC3)no2)cc1. The first-order valence-corrected chi connectivity index (χ1v) is 8.53. The van der Waals surface area contributed by atoms with Crippen LogP contribution in [0.1, 0.15) is 35.2 Å². The lowest BCUT2D eigenvalue weighted by Gasteiger charge is -2.10. The van der Waals surface area contributed by atoms with Gasteiger partial charge in [0.1, 0.15) is 12.4 Å². The third-order valence-corrected chi connectivity index (χ3v) is 4.33. The van der Waals surface area contributed by atoms with Crippen molar-refractivity contribution in [2.24, 2.45) is 0 Å². The zero-order valence-corrected chi connectivity index (χ0v) is 13.9. The Labute approximate surface area is 146 Å². The molecule has 128 valence electrons. The summed E-state index contributed by atoms with van der Waals surface area (Å²) in [6, 6.07) is 18.1. The van der Waals surface area contributed by atoms with Crippen molar-refractivity contribution in [3.05, 3.63) is 77.4 Å². The number of aromatic nitrogens is 2. The summed E-state index contributed by atoms with van der Waals surface area (Å²) >= 11 is 0. The lowest BCUT2D eigenvalue weighted by molar-refractivity contribution is 0.192. The smallest absolute Gasteiger partial charge is 0.231 e. The molecule has 3 aromatic rings. The number of hydrogen-bond acceptors (Lipinski definition) is 5. The average molecular weight is 336 g/mol. The van der Waals surface area contributed by atoms with E-state index < -0.39 is 0 Å². The minimum atomic E-state index is 0.252. The Morgan fingerprint density at radius 1 is 1.04 bits per heavy atom. The largest absolute Gasteiger partial charge is 0.489 e. The van der Waals surface area contributed by atoms with Crippen LogP contribution in [-0.2, 0) is 17.8 Å². The molecule has 1 fully saturated rings. The summed E-state index contributed by atoms with van der Waals surface area (Å²) in [5.74, 6) is 2.45. The molecule has 1 aromatic heterocycles. The second-order valence-corrected chi connectivity index (χ2v) is 6.17. The summed E-state index contributed by atoms with van der Waals surface area (Å²) in [5, 5.41) is 4.11. The van der Waals surface area contributed by atoms with Gasteiger partial charge in [-0.3, -0.25) is 0 Å². The molecule has 2 aromatic carbocycles. The summed E-state index contributed by atoms with van der Waals surface area (Å²) in [5.41, 5.74) is 2.18. The lowest BCUT2D eigenvalue weighted by Crippen LogP contribution is -2.01. The Morgan fingerprint density at radius 3 is 2.72 bits per heavy atom. The maximum absolute atomic E-state index is 5.99. The third-order valence-electron chi connectivity index (χ3n) is 4.33. The van der Waals surface area contributed by atoms with Gasteiger partial charge in [0.15, 0.2) is 5.82 Å². The minimum Gasteiger partial charge on any atom is -0.489 e. The van der Waals surface area contributed by atoms with Crippen LogP contribution in [0.25, 0.3) is 0 Å². The zero-order chi connectivity index (χ0) is 16.9. The van der Waals surface area contributed by atoms with Gasteiger partial charge in [-0.05, 0) is 18.1 Å². The van der Waals surface area contributed by atoms with E-state index in [-0.39, 0.29) is 5.92 Å². The van der Waals surface area contributed by atoms with Crippen LogP contribution in [0, 0.1) is 0 Å². The van der Waals surface area contributed by atoms with E-state index in [1.165, 1.54) is 0 Å². The van der Waals surface area contributed by atoms with Gasteiger partial charge in [0.25, 0.3) is 0 Å². The monoisotopic (exact) mass is 336 g/mol. The molecule has 0 amide bonds. The van der Waals surface area contributed by atoms with Crippen molar-refractivity contribution in [3.63, 3.8) is 0 Å². The van der Waals surface area contributed by atoms with E-state index >= 15 is 0 Å². The predicted molar refractivity (Wildman–Crippen MR) is 92.5 cm³/mol. The van der Waals surface area contributed by atoms with E-state index in [0.29, 0.717) is 25.5 Å². The molecule has 0 aliphatic carbocycles. The third kappa shape index (κ3) is 3.88. The van der Waals surface area contributed by atoms with Crippen molar-refractivity contribution in [1.82, 2.24) is 10.1 Å². The highest BCUT2D eigenvalue weighted by Gasteiger charge is 2.23. The number of para-hydroxylation sites is 1. The normalized spacial score (nSPS) is 16.9. The molecule has 0 saturated carbocycles. The Kier molecular flexibility index (Phi) is 4.74. The molecule has 0 spiro atoms. The summed E-state index contributed by atoms with van der Waals surface area (Å²) in [6.45, 7) is 1.98. The van der Waals surface area contributed by atoms with Crippen LogP contribution in [0.3, 0.4) is 0 Å². The second-order valence-electron chi connectivity index (χ2n) is 6.17. The van der Waals surface area contributed by atoms with Crippen LogP contribution < -0.4 is 4.74 Å². The molecule has 1 saturated heterocycles. The molecule has 25 heavy (non-hydrogen) atoms. The van der Waals surface area contributed by atoms with Crippen LogP contribution in [0.15, 0.2) is 59.1 Å². The summed E-state index contributed by atoms with van der Waals surface area (Å²) in [6.07, 6.45) is 1.52. The molecule has 5 nitrogen and oxygen atoms in total. The lowest BCUT2D eigenvalue weighted by atomic mass is 10.1. The highest BCUT2D eigenvalue weighted by molar-refractivity contribution is 5.35. The quantitative estimate of drug-likeness (QED) is 0.686. The highest BCUT2D eigenvalue weighted by Crippen LogP contribution is 2.25. The van der Waals surface area contributed by atoms with E-state index in [2.05, 4.69) is 22.3 Å². The Morgan fingerprint density at radius 2 is 1.88 bits per heavy atom. The van der Waals surface area contributed by atoms with Crippen LogP contribution >= 0.6 is 0 Å². The number of nitrogens with zero attached hydrogens (tertiary/aromatic N) is 2. The van der Waals surface area contributed by atoms with E-state index in [9.17, 15) is 0 Å². The molecule has 4 rings (SSSR count). The average Bonchev–Trinajstić information content (AvgIpc) is 3.33. The molecule has 0 radical (unpaired) electrons. The van der Waals surface area contributed by atoms with Crippen LogP contribution in [0.4, 0.5) is 0 Å². The van der Waals surface area contributed by atoms with Gasteiger partial charge in [-0.1, -0.05) is 53.7 Å². The van der Waals surface area contributed by atoms with Crippen molar-refractivity contribution in [2.45, 2.75) is 25.4 Å². The van der Waals surface area contributed by atoms with Gasteiger partial charge >= 0.3 is 0 Å². The molecule has 1 atom stereocenters. The van der Waals surface area contributed by atoms with E-state index in [1.807, 2.05) is 42.5 Å². The van der Waals surface area contributed by atoms with Gasteiger partial charge in [0, 0.05) is 18.1 Å².